The van der Waals surface area contributed by atoms with E-state index in [2.05, 4.69) is 5.18 Å². The molecule has 0 radical (unpaired) electrons. The van der Waals surface area contributed by atoms with Crippen LogP contribution in [-0.4, -0.2) is 17.6 Å². The molecule has 0 aliphatic carbocycles. The van der Waals surface area contributed by atoms with E-state index in [1.807, 2.05) is 0 Å². The van der Waals surface area contributed by atoms with Gasteiger partial charge in [0.15, 0.2) is 6.54 Å². The van der Waals surface area contributed by atoms with Gasteiger partial charge in [-0.1, -0.05) is 5.18 Å². The van der Waals surface area contributed by atoms with Gasteiger partial charge in [-0.15, -0.1) is 12.4 Å². The first-order valence-electron chi connectivity index (χ1n) is 1.28. The van der Waals surface area contributed by atoms with Crippen molar-refractivity contribution in [1.29, 1.82) is 0 Å². The van der Waals surface area contributed by atoms with Crippen LogP contribution >= 0.6 is 12.4 Å². The molecule has 0 rings (SSSR count). The summed E-state index contributed by atoms with van der Waals surface area (Å²) < 4.78 is 0. The largest absolute Gasteiger partial charge is 0.480 e. The highest BCUT2D eigenvalue weighted by molar-refractivity contribution is 5.85. The summed E-state index contributed by atoms with van der Waals surface area (Å²) in [7, 11) is 0. The number of halogens is 1. The predicted octanol–water partition coefficient (Wildman–Crippen LogP) is 0.259. The second-order valence-corrected chi connectivity index (χ2v) is 0.681. The molecule has 0 aromatic carbocycles. The van der Waals surface area contributed by atoms with Crippen molar-refractivity contribution in [2.24, 2.45) is 5.18 Å². The molecule has 5 heteroatoms. The standard InChI is InChI=1S/C2H3NO3.ClH/c4-2(5)1-3-6;/h1H2,(H,4,5);1H. The Balaban J connectivity index is 0. The molecule has 1 N–H and O–H groups in total. The first-order chi connectivity index (χ1) is 2.77. The third-order valence-corrected chi connectivity index (χ3v) is 0.200. The zero-order chi connectivity index (χ0) is 4.99. The van der Waals surface area contributed by atoms with Crippen molar-refractivity contribution >= 4 is 18.4 Å². The van der Waals surface area contributed by atoms with Crippen LogP contribution in [0.15, 0.2) is 5.18 Å². The van der Waals surface area contributed by atoms with E-state index < -0.39 is 12.5 Å². The summed E-state index contributed by atoms with van der Waals surface area (Å²) in [5, 5.41) is 9.71. The minimum Gasteiger partial charge on any atom is -0.480 e. The predicted molar refractivity (Wildman–Crippen MR) is 25.5 cm³/mol. The van der Waals surface area contributed by atoms with Gasteiger partial charge in [0.2, 0.25) is 0 Å². The topological polar surface area (TPSA) is 66.7 Å². The first-order valence-corrected chi connectivity index (χ1v) is 1.28. The lowest BCUT2D eigenvalue weighted by Crippen LogP contribution is -1.96. The average molecular weight is 126 g/mol. The lowest BCUT2D eigenvalue weighted by molar-refractivity contribution is -0.135. The van der Waals surface area contributed by atoms with Crippen molar-refractivity contribution in [2.75, 3.05) is 6.54 Å². The fourth-order valence-electron chi connectivity index (χ4n) is 0.0552. The molecule has 4 nitrogen and oxygen atoms in total. The molecule has 0 amide bonds. The summed E-state index contributed by atoms with van der Waals surface area (Å²) >= 11 is 0. The van der Waals surface area contributed by atoms with Crippen molar-refractivity contribution in [3.63, 3.8) is 0 Å². The second kappa shape index (κ2) is 5.36. The van der Waals surface area contributed by atoms with E-state index in [0.717, 1.165) is 0 Å². The van der Waals surface area contributed by atoms with Crippen molar-refractivity contribution in [1.82, 2.24) is 0 Å². The van der Waals surface area contributed by atoms with Crippen molar-refractivity contribution in [3.8, 4) is 0 Å². The minimum atomic E-state index is -1.19. The van der Waals surface area contributed by atoms with Crippen LogP contribution in [0.5, 0.6) is 0 Å². The number of nitroso groups, excluding NO2 is 1. The number of hydrogen-bond donors (Lipinski definition) is 1. The maximum atomic E-state index is 9.31. The second-order valence-electron chi connectivity index (χ2n) is 0.681. The molecule has 0 spiro atoms. The summed E-state index contributed by atoms with van der Waals surface area (Å²) in [4.78, 5) is 18.3. The molecule has 0 aliphatic heterocycles. The van der Waals surface area contributed by atoms with Crippen LogP contribution in [-0.2, 0) is 4.79 Å². The normalized spacial score (nSPS) is 6.29. The molecule has 0 fully saturated rings. The highest BCUT2D eigenvalue weighted by atomic mass is 35.5. The van der Waals surface area contributed by atoms with E-state index in [1.165, 1.54) is 0 Å². The van der Waals surface area contributed by atoms with Crippen molar-refractivity contribution in [3.05, 3.63) is 4.91 Å². The summed E-state index contributed by atoms with van der Waals surface area (Å²) in [6.45, 7) is -0.639. The number of carboxylic acids is 1. The molecule has 0 atom stereocenters. The maximum absolute atomic E-state index is 9.31. The fraction of sp³-hybridized carbons (Fsp3) is 0.500. The van der Waals surface area contributed by atoms with Crippen molar-refractivity contribution < 1.29 is 9.90 Å². The van der Waals surface area contributed by atoms with Crippen LogP contribution in [0.2, 0.25) is 0 Å². The van der Waals surface area contributed by atoms with Crippen LogP contribution in [0.1, 0.15) is 0 Å². The summed E-state index contributed by atoms with van der Waals surface area (Å²) in [5.41, 5.74) is 0. The minimum absolute atomic E-state index is 0. The number of rotatable bonds is 2. The molecule has 0 bridgehead atoms. The number of carbonyl (C=O) groups is 1. The Morgan fingerprint density at radius 3 is 2.14 bits per heavy atom. The third-order valence-electron chi connectivity index (χ3n) is 0.200. The SMILES string of the molecule is Cl.O=NCC(=O)O. The van der Waals surface area contributed by atoms with E-state index in [9.17, 15) is 4.79 Å². The van der Waals surface area contributed by atoms with Gasteiger partial charge in [-0.05, 0) is 0 Å². The van der Waals surface area contributed by atoms with Gasteiger partial charge in [0, 0.05) is 0 Å². The Labute approximate surface area is 45.9 Å². The summed E-state index contributed by atoms with van der Waals surface area (Å²) in [5.74, 6) is -1.19. The summed E-state index contributed by atoms with van der Waals surface area (Å²) in [6.07, 6.45) is 0. The van der Waals surface area contributed by atoms with Crippen LogP contribution < -0.4 is 0 Å². The Morgan fingerprint density at radius 2 is 2.14 bits per heavy atom. The van der Waals surface area contributed by atoms with Gasteiger partial charge >= 0.3 is 5.97 Å². The molecular formula is C2H4ClNO3. The molecule has 0 aliphatic rings. The zero-order valence-corrected chi connectivity index (χ0v) is 4.14. The van der Waals surface area contributed by atoms with Crippen molar-refractivity contribution in [2.45, 2.75) is 0 Å². The van der Waals surface area contributed by atoms with Gasteiger partial charge < -0.3 is 5.11 Å². The number of nitrogens with zero attached hydrogens (tertiary/aromatic N) is 1. The average Bonchev–Trinajstić information content (AvgIpc) is 1.35. The van der Waals surface area contributed by atoms with Crippen LogP contribution in [0.25, 0.3) is 0 Å². The molecule has 0 saturated carbocycles. The maximum Gasteiger partial charge on any atom is 0.328 e. The molecule has 0 aromatic heterocycles. The fourth-order valence-corrected chi connectivity index (χ4v) is 0.0552. The smallest absolute Gasteiger partial charge is 0.328 e. The zero-order valence-electron chi connectivity index (χ0n) is 3.33. The molecule has 0 unspecified atom stereocenters. The van der Waals surface area contributed by atoms with Crippen LogP contribution in [0.3, 0.4) is 0 Å². The van der Waals surface area contributed by atoms with E-state index >= 15 is 0 Å². The lowest BCUT2D eigenvalue weighted by atomic mass is 10.7. The quantitative estimate of drug-likeness (QED) is 0.539. The monoisotopic (exact) mass is 125 g/mol. The highest BCUT2D eigenvalue weighted by Crippen LogP contribution is 1.62. The summed E-state index contributed by atoms with van der Waals surface area (Å²) in [6, 6.07) is 0. The molecule has 7 heavy (non-hydrogen) atoms. The highest BCUT2D eigenvalue weighted by Gasteiger charge is 1.88. The Kier molecular flexibility index (Phi) is 7.36. The Bertz CT molecular complexity index is 73.3. The first kappa shape index (κ1) is 9.61. The third kappa shape index (κ3) is 10.9. The van der Waals surface area contributed by atoms with E-state index in [1.54, 1.807) is 0 Å². The van der Waals surface area contributed by atoms with Gasteiger partial charge in [0.25, 0.3) is 0 Å². The number of carboxylic acid groups (broad SMARTS) is 1. The molecule has 0 aromatic rings. The van der Waals surface area contributed by atoms with E-state index in [-0.39, 0.29) is 12.4 Å². The molecular weight excluding hydrogens is 121 g/mol. The van der Waals surface area contributed by atoms with Crippen LogP contribution in [0.4, 0.5) is 0 Å². The van der Waals surface area contributed by atoms with E-state index in [4.69, 9.17) is 10.0 Å². The Morgan fingerprint density at radius 1 is 1.71 bits per heavy atom. The van der Waals surface area contributed by atoms with Crippen LogP contribution in [0, 0.1) is 4.91 Å². The van der Waals surface area contributed by atoms with E-state index in [0.29, 0.717) is 0 Å². The van der Waals surface area contributed by atoms with Gasteiger partial charge in [0.1, 0.15) is 0 Å². The molecule has 0 heterocycles. The van der Waals surface area contributed by atoms with Gasteiger partial charge in [-0.25, -0.2) is 0 Å². The number of aliphatic carboxylic acids is 1. The number of hydrogen-bond acceptors (Lipinski definition) is 3. The lowest BCUT2D eigenvalue weighted by Gasteiger charge is -1.71. The Hall–Kier alpha value is -0.640. The van der Waals surface area contributed by atoms with Gasteiger partial charge in [-0.3, -0.25) is 4.79 Å². The molecule has 42 valence electrons. The molecule has 0 saturated heterocycles. The van der Waals surface area contributed by atoms with Gasteiger partial charge in [-0.2, -0.15) is 4.91 Å². The van der Waals surface area contributed by atoms with Gasteiger partial charge in [0.05, 0.1) is 0 Å².